The molecule has 4 rings (SSSR count). The number of rotatable bonds is 5. The number of carbonyl (C=O) groups excluding carboxylic acids is 2. The molecule has 144 valence electrons. The lowest BCUT2D eigenvalue weighted by atomic mass is 9.93. The van der Waals surface area contributed by atoms with Crippen molar-refractivity contribution >= 4 is 28.9 Å². The van der Waals surface area contributed by atoms with E-state index < -0.39 is 28.8 Å². The zero-order valence-corrected chi connectivity index (χ0v) is 15.2. The van der Waals surface area contributed by atoms with Crippen LogP contribution >= 0.6 is 0 Å². The highest BCUT2D eigenvalue weighted by Gasteiger charge is 2.60. The van der Waals surface area contributed by atoms with Crippen LogP contribution in [0.5, 0.6) is 0 Å². The van der Waals surface area contributed by atoms with Crippen molar-refractivity contribution in [2.45, 2.75) is 31.9 Å². The molecule has 0 unspecified atom stereocenters. The minimum Gasteiger partial charge on any atom is -0.273 e. The second kappa shape index (κ2) is 7.05. The Hall–Kier alpha value is -3.26. The lowest BCUT2D eigenvalue weighted by molar-refractivity contribution is -0.384. The average Bonchev–Trinajstić information content (AvgIpc) is 3.19. The smallest absolute Gasteiger partial charge is 0.273 e. The van der Waals surface area contributed by atoms with Gasteiger partial charge in [-0.1, -0.05) is 43.7 Å². The number of anilines is 2. The Bertz CT molecular complexity index is 932. The van der Waals surface area contributed by atoms with Gasteiger partial charge < -0.3 is 0 Å². The van der Waals surface area contributed by atoms with Crippen LogP contribution in [0.25, 0.3) is 0 Å². The van der Waals surface area contributed by atoms with Crippen molar-refractivity contribution < 1.29 is 19.3 Å². The Morgan fingerprint density at radius 3 is 2.39 bits per heavy atom. The molecule has 0 aliphatic carbocycles. The molecular formula is C20H19N3O5. The molecule has 0 N–H and O–H groups in total. The van der Waals surface area contributed by atoms with Gasteiger partial charge in [-0.05, 0) is 24.6 Å². The summed E-state index contributed by atoms with van der Waals surface area (Å²) in [5.74, 6) is -1.72. The van der Waals surface area contributed by atoms with Crippen LogP contribution in [0.15, 0.2) is 54.6 Å². The van der Waals surface area contributed by atoms with Crippen LogP contribution in [0.4, 0.5) is 17.1 Å². The lowest BCUT2D eigenvalue weighted by Gasteiger charge is -2.28. The molecule has 0 bridgehead atoms. The number of imide groups is 1. The monoisotopic (exact) mass is 381 g/mol. The molecule has 0 radical (unpaired) electrons. The van der Waals surface area contributed by atoms with E-state index in [1.54, 1.807) is 11.1 Å². The summed E-state index contributed by atoms with van der Waals surface area (Å²) in [5, 5.41) is 13.0. The molecule has 2 saturated heterocycles. The Morgan fingerprint density at radius 2 is 1.71 bits per heavy atom. The molecule has 2 aliphatic rings. The topological polar surface area (TPSA) is 93.0 Å². The van der Waals surface area contributed by atoms with Gasteiger partial charge >= 0.3 is 0 Å². The second-order valence-electron chi connectivity index (χ2n) is 6.83. The van der Waals surface area contributed by atoms with E-state index in [4.69, 9.17) is 4.84 Å². The largest absolute Gasteiger partial charge is 0.293 e. The zero-order valence-electron chi connectivity index (χ0n) is 15.2. The number of nitrogens with zero attached hydrogens (tertiary/aromatic N) is 3. The molecular weight excluding hydrogens is 362 g/mol. The summed E-state index contributed by atoms with van der Waals surface area (Å²) in [4.78, 5) is 43.8. The van der Waals surface area contributed by atoms with E-state index in [2.05, 4.69) is 0 Å². The van der Waals surface area contributed by atoms with Gasteiger partial charge in [-0.3, -0.25) is 24.5 Å². The highest BCUT2D eigenvalue weighted by molar-refractivity contribution is 6.24. The first-order valence-corrected chi connectivity index (χ1v) is 9.17. The summed E-state index contributed by atoms with van der Waals surface area (Å²) in [7, 11) is 0. The van der Waals surface area contributed by atoms with Crippen molar-refractivity contribution in [2.75, 3.05) is 9.96 Å². The predicted molar refractivity (Wildman–Crippen MR) is 102 cm³/mol. The number of amides is 2. The number of hydrogen-bond acceptors (Lipinski definition) is 6. The summed E-state index contributed by atoms with van der Waals surface area (Å²) in [6.07, 6.45) is 0.469. The number of hydroxylamine groups is 1. The third kappa shape index (κ3) is 2.73. The number of nitro groups is 1. The third-order valence-electron chi connectivity index (χ3n) is 5.15. The SMILES string of the molecule is CCC[C@@H]1[C@H]2C(=O)N(c3ccccc3[N+](=O)[O-])C(=O)[C@@H]2ON1c1ccccc1. The number of carbonyl (C=O) groups is 2. The van der Waals surface area contributed by atoms with Crippen molar-refractivity contribution in [3.63, 3.8) is 0 Å². The highest BCUT2D eigenvalue weighted by atomic mass is 16.7. The van der Waals surface area contributed by atoms with Crippen molar-refractivity contribution in [1.82, 2.24) is 0 Å². The Balaban J connectivity index is 1.72. The van der Waals surface area contributed by atoms with Crippen LogP contribution in [0, 0.1) is 16.0 Å². The first-order valence-electron chi connectivity index (χ1n) is 9.17. The van der Waals surface area contributed by atoms with E-state index in [0.29, 0.717) is 6.42 Å². The van der Waals surface area contributed by atoms with Gasteiger partial charge in [-0.25, -0.2) is 9.96 Å². The molecule has 3 atom stereocenters. The van der Waals surface area contributed by atoms with E-state index in [1.165, 1.54) is 18.2 Å². The van der Waals surface area contributed by atoms with Crippen LogP contribution in [0.2, 0.25) is 0 Å². The van der Waals surface area contributed by atoms with Crippen LogP contribution in [0.3, 0.4) is 0 Å². The summed E-state index contributed by atoms with van der Waals surface area (Å²) < 4.78 is 0. The number of nitro benzene ring substituents is 1. The Labute approximate surface area is 161 Å². The van der Waals surface area contributed by atoms with Crippen molar-refractivity contribution in [1.29, 1.82) is 0 Å². The van der Waals surface area contributed by atoms with Gasteiger partial charge in [0.05, 0.1) is 22.6 Å². The number of fused-ring (bicyclic) bond motifs is 1. The van der Waals surface area contributed by atoms with Gasteiger partial charge in [0, 0.05) is 6.07 Å². The molecule has 2 fully saturated rings. The normalized spacial score (nSPS) is 24.0. The first kappa shape index (κ1) is 18.1. The van der Waals surface area contributed by atoms with Crippen LogP contribution < -0.4 is 9.96 Å². The van der Waals surface area contributed by atoms with Gasteiger partial charge in [0.15, 0.2) is 6.10 Å². The van der Waals surface area contributed by atoms with Crippen molar-refractivity contribution in [3.05, 3.63) is 64.7 Å². The zero-order chi connectivity index (χ0) is 19.8. The maximum atomic E-state index is 13.2. The summed E-state index contributed by atoms with van der Waals surface area (Å²) in [5.41, 5.74) is 0.478. The fourth-order valence-corrected chi connectivity index (χ4v) is 3.96. The molecule has 0 spiro atoms. The highest BCUT2D eigenvalue weighted by Crippen LogP contribution is 2.43. The van der Waals surface area contributed by atoms with Crippen LogP contribution in [-0.4, -0.2) is 28.9 Å². The molecule has 2 amide bonds. The van der Waals surface area contributed by atoms with E-state index in [9.17, 15) is 19.7 Å². The second-order valence-corrected chi connectivity index (χ2v) is 6.83. The van der Waals surface area contributed by atoms with E-state index in [-0.39, 0.29) is 17.4 Å². The molecule has 2 aromatic rings. The molecule has 2 aliphatic heterocycles. The number of hydrogen-bond donors (Lipinski definition) is 0. The molecule has 2 heterocycles. The maximum Gasteiger partial charge on any atom is 0.293 e. The van der Waals surface area contributed by atoms with Crippen molar-refractivity contribution in [3.8, 4) is 0 Å². The lowest BCUT2D eigenvalue weighted by Crippen LogP contribution is -2.40. The van der Waals surface area contributed by atoms with Gasteiger partial charge in [0.25, 0.3) is 11.6 Å². The summed E-state index contributed by atoms with van der Waals surface area (Å²) in [6.45, 7) is 2.00. The quantitative estimate of drug-likeness (QED) is 0.449. The number of para-hydroxylation sites is 3. The van der Waals surface area contributed by atoms with Gasteiger partial charge in [-0.2, -0.15) is 0 Å². The van der Waals surface area contributed by atoms with Gasteiger partial charge in [0.1, 0.15) is 5.69 Å². The van der Waals surface area contributed by atoms with Crippen LogP contribution in [-0.2, 0) is 14.4 Å². The van der Waals surface area contributed by atoms with Crippen LogP contribution in [0.1, 0.15) is 19.8 Å². The fraction of sp³-hybridized carbons (Fsp3) is 0.300. The minimum absolute atomic E-state index is 0.0120. The van der Waals surface area contributed by atoms with Crippen molar-refractivity contribution in [2.24, 2.45) is 5.92 Å². The summed E-state index contributed by atoms with van der Waals surface area (Å²) >= 11 is 0. The minimum atomic E-state index is -0.982. The number of benzene rings is 2. The maximum absolute atomic E-state index is 13.2. The summed E-state index contributed by atoms with van der Waals surface area (Å²) in [6, 6.07) is 14.8. The molecule has 28 heavy (non-hydrogen) atoms. The average molecular weight is 381 g/mol. The molecule has 0 saturated carbocycles. The van der Waals surface area contributed by atoms with E-state index in [1.807, 2.05) is 37.3 Å². The standard InChI is InChI=1S/C20H19N3O5/c1-2-8-16-17-18(28-22(16)13-9-4-3-5-10-13)20(25)21(19(17)24)14-11-6-7-12-15(14)23(26)27/h3-7,9-12,16-18H,2,8H2,1H3/t16-,17-,18-/m1/s1. The third-order valence-corrected chi connectivity index (χ3v) is 5.15. The fourth-order valence-electron chi connectivity index (χ4n) is 3.96. The first-order chi connectivity index (χ1) is 13.5. The van der Waals surface area contributed by atoms with Gasteiger partial charge in [-0.15, -0.1) is 0 Å². The Kier molecular flexibility index (Phi) is 4.56. The predicted octanol–water partition coefficient (Wildman–Crippen LogP) is 3.07. The molecule has 2 aromatic carbocycles. The Morgan fingerprint density at radius 1 is 1.04 bits per heavy atom. The molecule has 8 nitrogen and oxygen atoms in total. The molecule has 8 heteroatoms. The van der Waals surface area contributed by atoms with E-state index in [0.717, 1.165) is 17.0 Å². The van der Waals surface area contributed by atoms with Gasteiger partial charge in [0.2, 0.25) is 5.91 Å². The molecule has 0 aromatic heterocycles. The van der Waals surface area contributed by atoms with E-state index >= 15 is 0 Å².